The number of aryl methyl sites for hydroxylation is 2. The molecule has 0 radical (unpaired) electrons. The smallest absolute Gasteiger partial charge is 0.339 e. The second-order valence-electron chi connectivity index (χ2n) is 5.69. The van der Waals surface area contributed by atoms with Gasteiger partial charge in [0.1, 0.15) is 0 Å². The minimum atomic E-state index is -1.09. The monoisotopic (exact) mass is 373 g/mol. The van der Waals surface area contributed by atoms with Crippen molar-refractivity contribution in [3.63, 3.8) is 0 Å². The second-order valence-corrected chi connectivity index (χ2v) is 5.69. The average Bonchev–Trinajstić information content (AvgIpc) is 2.62. The number of nitro benzene ring substituents is 2. The Morgan fingerprint density at radius 2 is 1.59 bits per heavy atom. The summed E-state index contributed by atoms with van der Waals surface area (Å²) in [6.07, 6.45) is 0. The third kappa shape index (κ3) is 5.08. The van der Waals surface area contributed by atoms with Gasteiger partial charge in [0.05, 0.1) is 21.5 Å². The van der Waals surface area contributed by atoms with Gasteiger partial charge in [-0.2, -0.15) is 0 Å². The van der Waals surface area contributed by atoms with Crippen molar-refractivity contribution in [2.45, 2.75) is 13.8 Å². The summed E-state index contributed by atoms with van der Waals surface area (Å²) in [6.45, 7) is 3.00. The fourth-order valence-electron chi connectivity index (χ4n) is 2.20. The normalized spacial score (nSPS) is 10.1. The number of nitrogens with one attached hydrogen (secondary N) is 1. The highest BCUT2D eigenvalue weighted by Gasteiger charge is 2.21. The number of amides is 1. The molecule has 0 aromatic heterocycles. The van der Waals surface area contributed by atoms with Crippen molar-refractivity contribution < 1.29 is 24.2 Å². The van der Waals surface area contributed by atoms with E-state index in [-0.39, 0.29) is 0 Å². The van der Waals surface area contributed by atoms with Crippen LogP contribution in [0.4, 0.5) is 17.1 Å². The van der Waals surface area contributed by atoms with Crippen LogP contribution in [0, 0.1) is 34.1 Å². The van der Waals surface area contributed by atoms with E-state index in [2.05, 4.69) is 5.32 Å². The van der Waals surface area contributed by atoms with Crippen molar-refractivity contribution in [2.75, 3.05) is 11.9 Å². The maximum absolute atomic E-state index is 12.0. The predicted octanol–water partition coefficient (Wildman–Crippen LogP) is 2.92. The molecule has 0 atom stereocenters. The third-order valence-corrected chi connectivity index (χ3v) is 3.56. The molecule has 2 aromatic rings. The highest BCUT2D eigenvalue weighted by atomic mass is 16.6. The summed E-state index contributed by atoms with van der Waals surface area (Å²) in [6, 6.07) is 7.86. The van der Waals surface area contributed by atoms with E-state index in [1.54, 1.807) is 13.0 Å². The topological polar surface area (TPSA) is 142 Å². The Hall–Kier alpha value is -3.82. The van der Waals surface area contributed by atoms with Crippen LogP contribution < -0.4 is 5.32 Å². The largest absolute Gasteiger partial charge is 0.452 e. The first kappa shape index (κ1) is 19.5. The Labute approximate surface area is 153 Å². The molecule has 0 heterocycles. The van der Waals surface area contributed by atoms with Gasteiger partial charge in [-0.15, -0.1) is 0 Å². The third-order valence-electron chi connectivity index (χ3n) is 3.56. The Kier molecular flexibility index (Phi) is 5.81. The Balaban J connectivity index is 2.08. The second kappa shape index (κ2) is 8.04. The molecule has 0 unspecified atom stereocenters. The molecule has 0 aliphatic rings. The van der Waals surface area contributed by atoms with Gasteiger partial charge in [-0.1, -0.05) is 12.1 Å². The summed E-state index contributed by atoms with van der Waals surface area (Å²) in [5.74, 6) is -1.70. The molecule has 2 aromatic carbocycles. The van der Waals surface area contributed by atoms with Crippen molar-refractivity contribution in [1.29, 1.82) is 0 Å². The first-order valence-corrected chi connectivity index (χ1v) is 7.65. The van der Waals surface area contributed by atoms with Gasteiger partial charge in [-0.25, -0.2) is 4.79 Å². The molecule has 10 nitrogen and oxygen atoms in total. The number of carbonyl (C=O) groups excluding carboxylic acids is 2. The molecule has 0 fully saturated rings. The molecule has 0 bridgehead atoms. The average molecular weight is 373 g/mol. The van der Waals surface area contributed by atoms with Crippen molar-refractivity contribution in [3.8, 4) is 0 Å². The SMILES string of the molecule is Cc1ccc(C)c(NC(=O)COC(=O)c2cc([N+](=O)[O-])cc([N+](=O)[O-])c2)c1. The molecule has 0 saturated heterocycles. The van der Waals surface area contributed by atoms with Gasteiger partial charge in [0.2, 0.25) is 0 Å². The van der Waals surface area contributed by atoms with Gasteiger partial charge >= 0.3 is 5.97 Å². The van der Waals surface area contributed by atoms with E-state index in [0.717, 1.165) is 29.3 Å². The van der Waals surface area contributed by atoms with Crippen molar-refractivity contribution >= 4 is 28.9 Å². The number of anilines is 1. The highest BCUT2D eigenvalue weighted by molar-refractivity contribution is 5.96. The summed E-state index contributed by atoms with van der Waals surface area (Å²) in [5.41, 5.74) is 0.649. The van der Waals surface area contributed by atoms with Crippen molar-refractivity contribution in [2.24, 2.45) is 0 Å². The molecule has 27 heavy (non-hydrogen) atoms. The van der Waals surface area contributed by atoms with E-state index >= 15 is 0 Å². The van der Waals surface area contributed by atoms with Crippen molar-refractivity contribution in [1.82, 2.24) is 0 Å². The number of non-ortho nitro benzene ring substituents is 2. The minimum absolute atomic E-state index is 0.393. The lowest BCUT2D eigenvalue weighted by Crippen LogP contribution is -2.21. The zero-order valence-electron chi connectivity index (χ0n) is 14.4. The summed E-state index contributed by atoms with van der Waals surface area (Å²) >= 11 is 0. The van der Waals surface area contributed by atoms with Crippen LogP contribution in [0.3, 0.4) is 0 Å². The number of benzene rings is 2. The maximum Gasteiger partial charge on any atom is 0.339 e. The van der Waals surface area contributed by atoms with Crippen LogP contribution in [-0.2, 0) is 9.53 Å². The number of nitro groups is 2. The lowest BCUT2D eigenvalue weighted by molar-refractivity contribution is -0.394. The zero-order valence-corrected chi connectivity index (χ0v) is 14.4. The minimum Gasteiger partial charge on any atom is -0.452 e. The van der Waals surface area contributed by atoms with Crippen LogP contribution in [0.5, 0.6) is 0 Å². The van der Waals surface area contributed by atoms with E-state index in [1.165, 1.54) is 0 Å². The number of nitrogens with zero attached hydrogens (tertiary/aromatic N) is 2. The van der Waals surface area contributed by atoms with E-state index < -0.39 is 45.3 Å². The van der Waals surface area contributed by atoms with E-state index in [9.17, 15) is 29.8 Å². The molecule has 1 amide bonds. The summed E-state index contributed by atoms with van der Waals surface area (Å²) in [4.78, 5) is 43.9. The summed E-state index contributed by atoms with van der Waals surface area (Å²) in [5, 5.41) is 24.3. The fraction of sp³-hybridized carbons (Fsp3) is 0.176. The van der Waals surface area contributed by atoms with Crippen LogP contribution in [0.15, 0.2) is 36.4 Å². The van der Waals surface area contributed by atoms with Gasteiger partial charge in [0.25, 0.3) is 17.3 Å². The van der Waals surface area contributed by atoms with E-state index in [0.29, 0.717) is 5.69 Å². The lowest BCUT2D eigenvalue weighted by Gasteiger charge is -2.10. The molecular weight excluding hydrogens is 358 g/mol. The van der Waals surface area contributed by atoms with Crippen LogP contribution in [0.1, 0.15) is 21.5 Å². The van der Waals surface area contributed by atoms with Crippen LogP contribution >= 0.6 is 0 Å². The maximum atomic E-state index is 12.0. The lowest BCUT2D eigenvalue weighted by atomic mass is 10.1. The number of rotatable bonds is 6. The molecule has 0 aliphatic heterocycles. The van der Waals surface area contributed by atoms with Crippen LogP contribution in [-0.4, -0.2) is 28.3 Å². The Morgan fingerprint density at radius 1 is 1.00 bits per heavy atom. The Bertz CT molecular complexity index is 908. The van der Waals surface area contributed by atoms with E-state index in [1.807, 2.05) is 19.1 Å². The fourth-order valence-corrected chi connectivity index (χ4v) is 2.20. The first-order valence-electron chi connectivity index (χ1n) is 7.65. The van der Waals surface area contributed by atoms with Crippen LogP contribution in [0.25, 0.3) is 0 Å². The van der Waals surface area contributed by atoms with Crippen LogP contribution in [0.2, 0.25) is 0 Å². The molecule has 2 rings (SSSR count). The van der Waals surface area contributed by atoms with Gasteiger partial charge in [-0.3, -0.25) is 25.0 Å². The summed E-state index contributed by atoms with van der Waals surface area (Å²) < 4.78 is 4.81. The van der Waals surface area contributed by atoms with Crippen molar-refractivity contribution in [3.05, 3.63) is 73.3 Å². The molecule has 0 aliphatic carbocycles. The summed E-state index contributed by atoms with van der Waals surface area (Å²) in [7, 11) is 0. The Morgan fingerprint density at radius 3 is 2.15 bits per heavy atom. The van der Waals surface area contributed by atoms with Gasteiger partial charge in [0.15, 0.2) is 6.61 Å². The molecule has 1 N–H and O–H groups in total. The molecule has 10 heteroatoms. The number of ether oxygens (including phenoxy) is 1. The molecule has 140 valence electrons. The first-order chi connectivity index (χ1) is 12.7. The zero-order chi connectivity index (χ0) is 20.1. The van der Waals surface area contributed by atoms with E-state index in [4.69, 9.17) is 4.74 Å². The number of carbonyl (C=O) groups is 2. The number of hydrogen-bond donors (Lipinski definition) is 1. The number of hydrogen-bond acceptors (Lipinski definition) is 7. The molecular formula is C17H15N3O7. The number of esters is 1. The molecule has 0 saturated carbocycles. The van der Waals surface area contributed by atoms with Gasteiger partial charge in [0, 0.05) is 17.8 Å². The predicted molar refractivity (Wildman–Crippen MR) is 94.6 cm³/mol. The standard InChI is InChI=1S/C17H15N3O7/c1-10-3-4-11(2)15(5-10)18-16(21)9-27-17(22)12-6-13(19(23)24)8-14(7-12)20(25)26/h3-8H,9H2,1-2H3,(H,18,21). The van der Waals surface area contributed by atoms with Gasteiger partial charge in [-0.05, 0) is 31.0 Å². The molecule has 0 spiro atoms. The highest BCUT2D eigenvalue weighted by Crippen LogP contribution is 2.23. The van der Waals surface area contributed by atoms with Gasteiger partial charge < -0.3 is 10.1 Å². The quantitative estimate of drug-likeness (QED) is 0.466.